The molecule has 2 heteroatoms. The molecule has 0 amide bonds. The van der Waals surface area contributed by atoms with Crippen LogP contribution < -0.4 is 5.32 Å². The van der Waals surface area contributed by atoms with Gasteiger partial charge in [0.25, 0.3) is 0 Å². The van der Waals surface area contributed by atoms with Gasteiger partial charge in [-0.1, -0.05) is 13.8 Å². The van der Waals surface area contributed by atoms with Crippen LogP contribution in [0.3, 0.4) is 0 Å². The molecule has 0 aromatic rings. The summed E-state index contributed by atoms with van der Waals surface area (Å²) in [5.74, 6) is 0.913. The zero-order valence-corrected chi connectivity index (χ0v) is 11.1. The second kappa shape index (κ2) is 5.50. The van der Waals surface area contributed by atoms with Crippen LogP contribution in [0.25, 0.3) is 0 Å². The van der Waals surface area contributed by atoms with Crippen LogP contribution in [0.15, 0.2) is 0 Å². The Morgan fingerprint density at radius 2 is 2.12 bits per heavy atom. The lowest BCUT2D eigenvalue weighted by Gasteiger charge is -2.49. The summed E-state index contributed by atoms with van der Waals surface area (Å²) in [7, 11) is 0. The molecule has 1 aliphatic heterocycles. The number of nitrogens with one attached hydrogen (secondary N) is 1. The van der Waals surface area contributed by atoms with E-state index in [-0.39, 0.29) is 0 Å². The van der Waals surface area contributed by atoms with E-state index >= 15 is 0 Å². The zero-order valence-electron chi connectivity index (χ0n) is 11.1. The number of rotatable bonds is 6. The van der Waals surface area contributed by atoms with Gasteiger partial charge in [0.2, 0.25) is 0 Å². The molecule has 1 heterocycles. The van der Waals surface area contributed by atoms with Gasteiger partial charge >= 0.3 is 0 Å². The molecule has 94 valence electrons. The highest BCUT2D eigenvalue weighted by molar-refractivity contribution is 4.99. The summed E-state index contributed by atoms with van der Waals surface area (Å²) in [6.45, 7) is 9.76. The molecule has 2 fully saturated rings. The summed E-state index contributed by atoms with van der Waals surface area (Å²) in [5, 5.41) is 3.58. The third kappa shape index (κ3) is 2.43. The zero-order chi connectivity index (χ0) is 11.4. The first-order valence-electron chi connectivity index (χ1n) is 7.26. The van der Waals surface area contributed by atoms with E-state index < -0.39 is 0 Å². The molecule has 16 heavy (non-hydrogen) atoms. The molecule has 2 nitrogen and oxygen atoms in total. The first-order valence-corrected chi connectivity index (χ1v) is 7.26. The first-order chi connectivity index (χ1) is 7.80. The van der Waals surface area contributed by atoms with E-state index in [2.05, 4.69) is 24.1 Å². The van der Waals surface area contributed by atoms with Crippen molar-refractivity contribution in [3.8, 4) is 0 Å². The van der Waals surface area contributed by atoms with E-state index in [1.807, 2.05) is 0 Å². The van der Waals surface area contributed by atoms with Crippen molar-refractivity contribution in [3.05, 3.63) is 0 Å². The fraction of sp³-hybridized carbons (Fsp3) is 1.00. The Kier molecular flexibility index (Phi) is 4.26. The fourth-order valence-electron chi connectivity index (χ4n) is 3.39. The predicted octanol–water partition coefficient (Wildman–Crippen LogP) is 2.64. The summed E-state index contributed by atoms with van der Waals surface area (Å²) >= 11 is 0. The van der Waals surface area contributed by atoms with Gasteiger partial charge in [0.15, 0.2) is 0 Å². The van der Waals surface area contributed by atoms with Gasteiger partial charge in [-0.15, -0.1) is 0 Å². The Morgan fingerprint density at radius 3 is 2.69 bits per heavy atom. The number of hydrogen-bond acceptors (Lipinski definition) is 2. The fourth-order valence-corrected chi connectivity index (χ4v) is 3.39. The molecule has 1 saturated heterocycles. The minimum absolute atomic E-state index is 0.625. The Morgan fingerprint density at radius 1 is 1.31 bits per heavy atom. The summed E-state index contributed by atoms with van der Waals surface area (Å²) in [6, 6.07) is 0. The van der Waals surface area contributed by atoms with Crippen molar-refractivity contribution in [3.63, 3.8) is 0 Å². The van der Waals surface area contributed by atoms with Crippen molar-refractivity contribution >= 4 is 0 Å². The second-order valence-electron chi connectivity index (χ2n) is 5.74. The predicted molar refractivity (Wildman–Crippen MR) is 69.7 cm³/mol. The van der Waals surface area contributed by atoms with Gasteiger partial charge in [-0.2, -0.15) is 0 Å². The van der Waals surface area contributed by atoms with Crippen LogP contribution in [0.2, 0.25) is 0 Å². The van der Waals surface area contributed by atoms with Crippen LogP contribution in [-0.2, 0) is 0 Å². The van der Waals surface area contributed by atoms with Crippen molar-refractivity contribution in [2.75, 3.05) is 26.2 Å². The molecule has 2 aliphatic rings. The quantitative estimate of drug-likeness (QED) is 0.698. The van der Waals surface area contributed by atoms with E-state index in [4.69, 9.17) is 0 Å². The Hall–Kier alpha value is -0.0800. The lowest BCUT2D eigenvalue weighted by atomic mass is 9.73. The van der Waals surface area contributed by atoms with E-state index in [1.165, 1.54) is 64.7 Å². The average molecular weight is 224 g/mol. The van der Waals surface area contributed by atoms with Crippen LogP contribution in [0.4, 0.5) is 0 Å². The molecule has 1 N–H and O–H groups in total. The number of hydrogen-bond donors (Lipinski definition) is 1. The van der Waals surface area contributed by atoms with Crippen molar-refractivity contribution < 1.29 is 0 Å². The summed E-state index contributed by atoms with van der Waals surface area (Å²) < 4.78 is 0. The number of likely N-dealkylation sites (tertiary alicyclic amines) is 1. The van der Waals surface area contributed by atoms with Crippen molar-refractivity contribution in [1.82, 2.24) is 10.2 Å². The van der Waals surface area contributed by atoms with E-state index in [0.29, 0.717) is 5.54 Å². The van der Waals surface area contributed by atoms with Gasteiger partial charge in [-0.25, -0.2) is 0 Å². The molecule has 1 saturated carbocycles. The SMILES string of the molecule is CCCNCC1CCN(C2(CC)CCC2)C1. The van der Waals surface area contributed by atoms with Crippen molar-refractivity contribution in [2.24, 2.45) is 5.92 Å². The first kappa shape index (κ1) is 12.4. The van der Waals surface area contributed by atoms with Gasteiger partial charge in [-0.3, -0.25) is 4.90 Å². The second-order valence-corrected chi connectivity index (χ2v) is 5.74. The summed E-state index contributed by atoms with van der Waals surface area (Å²) in [6.07, 6.45) is 8.41. The molecule has 0 aromatic carbocycles. The van der Waals surface area contributed by atoms with Crippen molar-refractivity contribution in [1.29, 1.82) is 0 Å². The highest BCUT2D eigenvalue weighted by atomic mass is 15.2. The Balaban J connectivity index is 1.74. The molecule has 1 aliphatic carbocycles. The molecule has 1 unspecified atom stereocenters. The largest absolute Gasteiger partial charge is 0.316 e. The van der Waals surface area contributed by atoms with E-state index in [1.54, 1.807) is 0 Å². The molecule has 0 bridgehead atoms. The number of nitrogens with zero attached hydrogens (tertiary/aromatic N) is 1. The standard InChI is InChI=1S/C14H28N2/c1-3-9-15-11-13-6-10-16(12-13)14(4-2)7-5-8-14/h13,15H,3-12H2,1-2H3. The van der Waals surface area contributed by atoms with Crippen LogP contribution >= 0.6 is 0 Å². The average Bonchev–Trinajstić information content (AvgIpc) is 2.67. The smallest absolute Gasteiger partial charge is 0.0207 e. The maximum Gasteiger partial charge on any atom is 0.0207 e. The molecule has 2 rings (SSSR count). The van der Waals surface area contributed by atoms with Crippen molar-refractivity contribution in [2.45, 2.75) is 57.9 Å². The minimum atomic E-state index is 0.625. The minimum Gasteiger partial charge on any atom is -0.316 e. The maximum atomic E-state index is 3.58. The highest BCUT2D eigenvalue weighted by Crippen LogP contribution is 2.42. The van der Waals surface area contributed by atoms with E-state index in [9.17, 15) is 0 Å². The van der Waals surface area contributed by atoms with Crippen LogP contribution in [-0.4, -0.2) is 36.6 Å². The monoisotopic (exact) mass is 224 g/mol. The molecule has 0 aromatic heterocycles. The molecule has 0 radical (unpaired) electrons. The van der Waals surface area contributed by atoms with Gasteiger partial charge in [0, 0.05) is 12.1 Å². The lowest BCUT2D eigenvalue weighted by Crippen LogP contribution is -2.52. The van der Waals surface area contributed by atoms with Crippen LogP contribution in [0.1, 0.15) is 52.4 Å². The van der Waals surface area contributed by atoms with Gasteiger partial charge in [0.1, 0.15) is 0 Å². The molecule has 1 atom stereocenters. The van der Waals surface area contributed by atoms with Gasteiger partial charge in [-0.05, 0) is 64.1 Å². The Labute approximate surface area is 101 Å². The topological polar surface area (TPSA) is 15.3 Å². The Bertz CT molecular complexity index is 205. The summed E-state index contributed by atoms with van der Waals surface area (Å²) in [4.78, 5) is 2.80. The van der Waals surface area contributed by atoms with Gasteiger partial charge in [0.05, 0.1) is 0 Å². The third-order valence-electron chi connectivity index (χ3n) is 4.76. The molecular weight excluding hydrogens is 196 g/mol. The molecular formula is C14H28N2. The normalized spacial score (nSPS) is 29.2. The highest BCUT2D eigenvalue weighted by Gasteiger charge is 2.43. The van der Waals surface area contributed by atoms with Crippen LogP contribution in [0, 0.1) is 5.92 Å². The summed E-state index contributed by atoms with van der Waals surface area (Å²) in [5.41, 5.74) is 0.625. The van der Waals surface area contributed by atoms with Gasteiger partial charge < -0.3 is 5.32 Å². The van der Waals surface area contributed by atoms with E-state index in [0.717, 1.165) is 5.92 Å². The lowest BCUT2D eigenvalue weighted by molar-refractivity contribution is 0.0292. The third-order valence-corrected chi connectivity index (χ3v) is 4.76. The maximum absolute atomic E-state index is 3.58. The van der Waals surface area contributed by atoms with Crippen LogP contribution in [0.5, 0.6) is 0 Å². The molecule has 0 spiro atoms.